The highest BCUT2D eigenvalue weighted by Gasteiger charge is 2.13. The number of nitrogens with two attached hydrogens (primary N) is 1. The summed E-state index contributed by atoms with van der Waals surface area (Å²) in [5.41, 5.74) is 8.28. The first-order chi connectivity index (χ1) is 9.28. The highest BCUT2D eigenvalue weighted by Crippen LogP contribution is 2.24. The standard InChI is InChI=1S/C16H16N2O/c1-2-13-6-8-15(19-13)16(17)12-5-7-14-11(10-12)4-3-9-18-14/h3-10,16H,2,17H2,1H3. The normalized spacial score (nSPS) is 12.7. The molecule has 1 atom stereocenters. The van der Waals surface area contributed by atoms with Gasteiger partial charge in [0, 0.05) is 18.0 Å². The molecule has 1 unspecified atom stereocenters. The van der Waals surface area contributed by atoms with E-state index in [2.05, 4.69) is 18.0 Å². The Kier molecular flexibility index (Phi) is 3.05. The molecule has 96 valence electrons. The Morgan fingerprint density at radius 1 is 1.21 bits per heavy atom. The van der Waals surface area contributed by atoms with E-state index < -0.39 is 0 Å². The third-order valence-corrected chi connectivity index (χ3v) is 3.32. The van der Waals surface area contributed by atoms with Gasteiger partial charge in [-0.2, -0.15) is 0 Å². The lowest BCUT2D eigenvalue weighted by molar-refractivity contribution is 0.454. The van der Waals surface area contributed by atoms with Crippen molar-refractivity contribution in [2.45, 2.75) is 19.4 Å². The van der Waals surface area contributed by atoms with E-state index >= 15 is 0 Å². The molecule has 0 saturated heterocycles. The maximum Gasteiger partial charge on any atom is 0.125 e. The fraction of sp³-hybridized carbons (Fsp3) is 0.188. The highest BCUT2D eigenvalue weighted by molar-refractivity contribution is 5.79. The Hall–Kier alpha value is -2.13. The van der Waals surface area contributed by atoms with E-state index in [0.717, 1.165) is 34.4 Å². The molecule has 1 aromatic carbocycles. The molecule has 2 N–H and O–H groups in total. The molecular weight excluding hydrogens is 236 g/mol. The summed E-state index contributed by atoms with van der Waals surface area (Å²) in [7, 11) is 0. The molecule has 19 heavy (non-hydrogen) atoms. The van der Waals surface area contributed by atoms with Crippen molar-refractivity contribution in [2.24, 2.45) is 5.73 Å². The molecule has 0 aliphatic rings. The lowest BCUT2D eigenvalue weighted by Crippen LogP contribution is -2.10. The van der Waals surface area contributed by atoms with Crippen molar-refractivity contribution in [2.75, 3.05) is 0 Å². The van der Waals surface area contributed by atoms with Gasteiger partial charge in [0.25, 0.3) is 0 Å². The summed E-state index contributed by atoms with van der Waals surface area (Å²) >= 11 is 0. The van der Waals surface area contributed by atoms with E-state index in [1.165, 1.54) is 0 Å². The van der Waals surface area contributed by atoms with Gasteiger partial charge >= 0.3 is 0 Å². The predicted octanol–water partition coefficient (Wildman–Crippen LogP) is 3.44. The van der Waals surface area contributed by atoms with E-state index in [9.17, 15) is 0 Å². The second-order valence-corrected chi connectivity index (χ2v) is 4.59. The number of hydrogen-bond acceptors (Lipinski definition) is 3. The van der Waals surface area contributed by atoms with Crippen LogP contribution in [0.25, 0.3) is 10.9 Å². The fourth-order valence-electron chi connectivity index (χ4n) is 2.20. The van der Waals surface area contributed by atoms with E-state index in [-0.39, 0.29) is 6.04 Å². The van der Waals surface area contributed by atoms with Gasteiger partial charge in [0.05, 0.1) is 11.6 Å². The van der Waals surface area contributed by atoms with Crippen LogP contribution in [0.5, 0.6) is 0 Å². The van der Waals surface area contributed by atoms with Crippen LogP contribution in [0.1, 0.15) is 30.0 Å². The van der Waals surface area contributed by atoms with Crippen LogP contribution in [0.15, 0.2) is 53.1 Å². The molecule has 0 bridgehead atoms. The molecule has 0 amide bonds. The van der Waals surface area contributed by atoms with Crippen LogP contribution in [0.4, 0.5) is 0 Å². The molecule has 3 nitrogen and oxygen atoms in total. The minimum Gasteiger partial charge on any atom is -0.464 e. The van der Waals surface area contributed by atoms with Crippen molar-refractivity contribution in [3.8, 4) is 0 Å². The zero-order chi connectivity index (χ0) is 13.2. The zero-order valence-corrected chi connectivity index (χ0v) is 10.8. The number of furan rings is 1. The van der Waals surface area contributed by atoms with Gasteiger partial charge < -0.3 is 10.2 Å². The van der Waals surface area contributed by atoms with Crippen LogP contribution in [0.2, 0.25) is 0 Å². The van der Waals surface area contributed by atoms with Crippen molar-refractivity contribution in [3.05, 3.63) is 65.7 Å². The number of rotatable bonds is 3. The van der Waals surface area contributed by atoms with E-state index in [0.29, 0.717) is 0 Å². The number of hydrogen-bond donors (Lipinski definition) is 1. The summed E-state index contributed by atoms with van der Waals surface area (Å²) < 4.78 is 5.72. The molecule has 3 rings (SSSR count). The van der Waals surface area contributed by atoms with Crippen molar-refractivity contribution in [1.29, 1.82) is 0 Å². The molecule has 0 radical (unpaired) electrons. The number of pyridine rings is 1. The average molecular weight is 252 g/mol. The van der Waals surface area contributed by atoms with Gasteiger partial charge in [-0.1, -0.05) is 19.1 Å². The largest absolute Gasteiger partial charge is 0.464 e. The number of fused-ring (bicyclic) bond motifs is 1. The van der Waals surface area contributed by atoms with Crippen LogP contribution >= 0.6 is 0 Å². The van der Waals surface area contributed by atoms with Gasteiger partial charge in [0.1, 0.15) is 11.5 Å². The molecular formula is C16H16N2O. The summed E-state index contributed by atoms with van der Waals surface area (Å²) in [6.07, 6.45) is 2.68. The Balaban J connectivity index is 1.98. The van der Waals surface area contributed by atoms with Gasteiger partial charge in [-0.3, -0.25) is 4.98 Å². The summed E-state index contributed by atoms with van der Waals surface area (Å²) in [5, 5.41) is 1.10. The number of aromatic nitrogens is 1. The van der Waals surface area contributed by atoms with E-state index in [4.69, 9.17) is 10.2 Å². The maximum absolute atomic E-state index is 6.26. The van der Waals surface area contributed by atoms with Gasteiger partial charge in [-0.15, -0.1) is 0 Å². The maximum atomic E-state index is 6.26. The second-order valence-electron chi connectivity index (χ2n) is 4.59. The Morgan fingerprint density at radius 3 is 2.89 bits per heavy atom. The van der Waals surface area contributed by atoms with Gasteiger partial charge in [-0.05, 0) is 35.9 Å². The molecule has 2 aromatic heterocycles. The van der Waals surface area contributed by atoms with Crippen molar-refractivity contribution >= 4 is 10.9 Å². The van der Waals surface area contributed by atoms with E-state index in [1.54, 1.807) is 6.20 Å². The van der Waals surface area contributed by atoms with Crippen molar-refractivity contribution in [1.82, 2.24) is 4.98 Å². The Labute approximate surface area is 112 Å². The van der Waals surface area contributed by atoms with Gasteiger partial charge in [-0.25, -0.2) is 0 Å². The SMILES string of the molecule is CCc1ccc(C(N)c2ccc3ncccc3c2)o1. The Morgan fingerprint density at radius 2 is 2.11 bits per heavy atom. The van der Waals surface area contributed by atoms with E-state index in [1.807, 2.05) is 36.4 Å². The third-order valence-electron chi connectivity index (χ3n) is 3.32. The van der Waals surface area contributed by atoms with Crippen LogP contribution < -0.4 is 5.73 Å². The molecule has 0 aliphatic heterocycles. The van der Waals surface area contributed by atoms with Crippen molar-refractivity contribution < 1.29 is 4.42 Å². The third kappa shape index (κ3) is 2.25. The van der Waals surface area contributed by atoms with Crippen LogP contribution in [-0.4, -0.2) is 4.98 Å². The van der Waals surface area contributed by atoms with Crippen LogP contribution in [0, 0.1) is 0 Å². The first-order valence-electron chi connectivity index (χ1n) is 6.47. The molecule has 0 aliphatic carbocycles. The molecule has 0 saturated carbocycles. The summed E-state index contributed by atoms with van der Waals surface area (Å²) in [6, 6.07) is 13.8. The average Bonchev–Trinajstić information content (AvgIpc) is 2.95. The van der Waals surface area contributed by atoms with Gasteiger partial charge in [0.15, 0.2) is 0 Å². The fourth-order valence-corrected chi connectivity index (χ4v) is 2.20. The van der Waals surface area contributed by atoms with Crippen LogP contribution in [0.3, 0.4) is 0 Å². The molecule has 3 aromatic rings. The minimum absolute atomic E-state index is 0.232. The Bertz CT molecular complexity index is 703. The molecule has 3 heteroatoms. The number of aryl methyl sites for hydroxylation is 1. The summed E-state index contributed by atoms with van der Waals surface area (Å²) in [6.45, 7) is 2.07. The second kappa shape index (κ2) is 4.86. The monoisotopic (exact) mass is 252 g/mol. The van der Waals surface area contributed by atoms with Gasteiger partial charge in [0.2, 0.25) is 0 Å². The first kappa shape index (κ1) is 11.9. The summed E-state index contributed by atoms with van der Waals surface area (Å²) in [4.78, 5) is 4.31. The lowest BCUT2D eigenvalue weighted by atomic mass is 10.0. The lowest BCUT2D eigenvalue weighted by Gasteiger charge is -2.10. The molecule has 0 fully saturated rings. The first-order valence-corrected chi connectivity index (χ1v) is 6.47. The summed E-state index contributed by atoms with van der Waals surface area (Å²) in [5.74, 6) is 1.77. The zero-order valence-electron chi connectivity index (χ0n) is 10.8. The van der Waals surface area contributed by atoms with Crippen molar-refractivity contribution in [3.63, 3.8) is 0 Å². The molecule has 0 spiro atoms. The molecule has 2 heterocycles. The van der Waals surface area contributed by atoms with Crippen LogP contribution in [-0.2, 0) is 6.42 Å². The number of benzene rings is 1. The topological polar surface area (TPSA) is 52.0 Å². The predicted molar refractivity (Wildman–Crippen MR) is 75.9 cm³/mol. The minimum atomic E-state index is -0.232. The highest BCUT2D eigenvalue weighted by atomic mass is 16.3. The quantitative estimate of drug-likeness (QED) is 0.776. The number of nitrogens with zero attached hydrogens (tertiary/aromatic N) is 1. The smallest absolute Gasteiger partial charge is 0.125 e.